The maximum Gasteiger partial charge on any atom is 0.146 e. The van der Waals surface area contributed by atoms with Gasteiger partial charge in [0.25, 0.3) is 0 Å². The van der Waals surface area contributed by atoms with E-state index in [0.29, 0.717) is 0 Å². The van der Waals surface area contributed by atoms with Gasteiger partial charge < -0.3 is 13.9 Å². The summed E-state index contributed by atoms with van der Waals surface area (Å²) in [6.45, 7) is 0. The standard InChI is InChI=1S/C62H36N6O/c1-3-15-37(16-4-1)65-51-23-11-7-19-45(51)57-55(65)33-31-43-41-29-27-39(35-47(41)61-63-49-21-9-13-25-53(49)67(61)59(43)57)69-40-28-30-42-44-32-34-56-58(46-20-8-12-24-52(46)66(56)38-17-5-2-6-18-38)60(44)68-54-26-14-10-22-50(54)64-62(68)48(42)36-40/h1-36H. The van der Waals surface area contributed by atoms with Crippen LogP contribution in [0.25, 0.3) is 132 Å². The lowest BCUT2D eigenvalue weighted by molar-refractivity contribution is 0.484. The van der Waals surface area contributed by atoms with Gasteiger partial charge >= 0.3 is 0 Å². The van der Waals surface area contributed by atoms with Crippen LogP contribution in [0.3, 0.4) is 0 Å². The fourth-order valence-corrected chi connectivity index (χ4v) is 11.7. The summed E-state index contributed by atoms with van der Waals surface area (Å²) in [5, 5.41) is 11.4. The number of nitrogens with zero attached hydrogens (tertiary/aromatic N) is 6. The van der Waals surface area contributed by atoms with Crippen molar-refractivity contribution in [3.63, 3.8) is 0 Å². The van der Waals surface area contributed by atoms with Crippen LogP contribution in [0.4, 0.5) is 0 Å². The largest absolute Gasteiger partial charge is 0.457 e. The molecule has 0 unspecified atom stereocenters. The predicted molar refractivity (Wildman–Crippen MR) is 284 cm³/mol. The molecule has 0 aliphatic carbocycles. The van der Waals surface area contributed by atoms with Crippen LogP contribution in [-0.2, 0) is 0 Å². The molecule has 16 rings (SSSR count). The van der Waals surface area contributed by atoms with Crippen LogP contribution in [0.15, 0.2) is 218 Å². The lowest BCUT2D eigenvalue weighted by atomic mass is 10.0. The van der Waals surface area contributed by atoms with E-state index < -0.39 is 0 Å². The SMILES string of the molecule is c1ccc(-n2c3ccccc3c3c2ccc2c4ccc(Oc5ccc6c(c5)c5nc7ccccc7n5c5c6ccc6c5c5ccccc5n6-c5ccccc5)cc4c4nc5ccccc5n4c23)cc1. The van der Waals surface area contributed by atoms with Crippen molar-refractivity contribution in [2.24, 2.45) is 0 Å². The summed E-state index contributed by atoms with van der Waals surface area (Å²) in [6, 6.07) is 77.8. The highest BCUT2D eigenvalue weighted by atomic mass is 16.5. The lowest BCUT2D eigenvalue weighted by Crippen LogP contribution is -1.96. The van der Waals surface area contributed by atoms with E-state index >= 15 is 0 Å². The van der Waals surface area contributed by atoms with Crippen molar-refractivity contribution < 1.29 is 4.74 Å². The minimum absolute atomic E-state index is 0.734. The Kier molecular flexibility index (Phi) is 7.22. The molecule has 0 saturated heterocycles. The number of fused-ring (bicyclic) bond motifs is 24. The van der Waals surface area contributed by atoms with E-state index in [1.54, 1.807) is 0 Å². The van der Waals surface area contributed by atoms with Crippen molar-refractivity contribution in [3.8, 4) is 22.9 Å². The number of benzene rings is 10. The zero-order valence-corrected chi connectivity index (χ0v) is 36.9. The van der Waals surface area contributed by atoms with Crippen LogP contribution in [-0.4, -0.2) is 27.9 Å². The summed E-state index contributed by atoms with van der Waals surface area (Å²) >= 11 is 0. The Hall–Kier alpha value is -9.46. The van der Waals surface area contributed by atoms with E-state index in [1.165, 1.54) is 32.6 Å². The van der Waals surface area contributed by atoms with E-state index in [0.717, 1.165) is 111 Å². The molecule has 6 heterocycles. The summed E-state index contributed by atoms with van der Waals surface area (Å²) in [5.41, 5.74) is 15.0. The highest BCUT2D eigenvalue weighted by molar-refractivity contribution is 6.28. The van der Waals surface area contributed by atoms with Crippen molar-refractivity contribution in [3.05, 3.63) is 218 Å². The van der Waals surface area contributed by atoms with Gasteiger partial charge in [0.05, 0.1) is 55.2 Å². The van der Waals surface area contributed by atoms with E-state index in [-0.39, 0.29) is 0 Å². The first kappa shape index (κ1) is 36.7. The Morgan fingerprint density at radius 2 is 0.681 bits per heavy atom. The highest BCUT2D eigenvalue weighted by Gasteiger charge is 2.23. The van der Waals surface area contributed by atoms with Gasteiger partial charge in [-0.05, 0) is 120 Å². The van der Waals surface area contributed by atoms with Gasteiger partial charge in [0.2, 0.25) is 0 Å². The maximum atomic E-state index is 6.94. The van der Waals surface area contributed by atoms with Crippen LogP contribution in [0.5, 0.6) is 11.5 Å². The van der Waals surface area contributed by atoms with Crippen molar-refractivity contribution in [1.29, 1.82) is 0 Å². The summed E-state index contributed by atoms with van der Waals surface area (Å²) in [5.74, 6) is 1.47. The normalized spacial score (nSPS) is 12.3. The third-order valence-corrected chi connectivity index (χ3v) is 14.5. The lowest BCUT2D eigenvalue weighted by Gasteiger charge is -2.14. The molecule has 7 heteroatoms. The second-order valence-corrected chi connectivity index (χ2v) is 18.1. The van der Waals surface area contributed by atoms with E-state index in [4.69, 9.17) is 14.7 Å². The van der Waals surface area contributed by atoms with Crippen LogP contribution in [0.1, 0.15) is 0 Å². The van der Waals surface area contributed by atoms with Crippen molar-refractivity contribution >= 4 is 120 Å². The van der Waals surface area contributed by atoms with E-state index in [2.05, 4.69) is 236 Å². The molecule has 0 N–H and O–H groups in total. The number of aromatic nitrogens is 6. The smallest absolute Gasteiger partial charge is 0.146 e. The molecule has 16 aromatic rings. The van der Waals surface area contributed by atoms with Gasteiger partial charge in [-0.25, -0.2) is 9.97 Å². The number of pyridine rings is 2. The molecule has 7 nitrogen and oxygen atoms in total. The molecule has 0 aliphatic heterocycles. The van der Waals surface area contributed by atoms with E-state index in [1.807, 2.05) is 0 Å². The maximum absolute atomic E-state index is 6.94. The molecular formula is C62H36N6O. The molecular weight excluding hydrogens is 845 g/mol. The molecule has 0 aliphatic rings. The molecule has 0 fully saturated rings. The van der Waals surface area contributed by atoms with Gasteiger partial charge in [-0.3, -0.25) is 8.80 Å². The van der Waals surface area contributed by atoms with Crippen molar-refractivity contribution in [1.82, 2.24) is 27.9 Å². The minimum atomic E-state index is 0.734. The third-order valence-electron chi connectivity index (χ3n) is 14.5. The van der Waals surface area contributed by atoms with Crippen LogP contribution in [0.2, 0.25) is 0 Å². The first-order chi connectivity index (χ1) is 34.2. The molecule has 0 bridgehead atoms. The summed E-state index contributed by atoms with van der Waals surface area (Å²) in [6.07, 6.45) is 0. The molecule has 10 aromatic carbocycles. The zero-order valence-electron chi connectivity index (χ0n) is 36.9. The summed E-state index contributed by atoms with van der Waals surface area (Å²) in [4.78, 5) is 10.7. The molecule has 69 heavy (non-hydrogen) atoms. The van der Waals surface area contributed by atoms with Gasteiger partial charge in [-0.2, -0.15) is 0 Å². The molecule has 0 amide bonds. The average Bonchev–Trinajstić information content (AvgIpc) is 4.17. The molecule has 0 saturated carbocycles. The minimum Gasteiger partial charge on any atom is -0.457 e. The van der Waals surface area contributed by atoms with Gasteiger partial charge in [0.15, 0.2) is 0 Å². The second kappa shape index (κ2) is 13.6. The molecule has 6 aromatic heterocycles. The van der Waals surface area contributed by atoms with Crippen molar-refractivity contribution in [2.75, 3.05) is 0 Å². The average molecular weight is 881 g/mol. The monoisotopic (exact) mass is 880 g/mol. The molecule has 0 atom stereocenters. The van der Waals surface area contributed by atoms with Gasteiger partial charge in [0, 0.05) is 54.5 Å². The molecule has 320 valence electrons. The number of hydrogen-bond acceptors (Lipinski definition) is 3. The van der Waals surface area contributed by atoms with Gasteiger partial charge in [-0.1, -0.05) is 109 Å². The van der Waals surface area contributed by atoms with Crippen LogP contribution < -0.4 is 4.74 Å². The Morgan fingerprint density at radius 1 is 0.290 bits per heavy atom. The molecule has 0 spiro atoms. The third kappa shape index (κ3) is 4.94. The first-order valence-corrected chi connectivity index (χ1v) is 23.4. The summed E-state index contributed by atoms with van der Waals surface area (Å²) < 4.78 is 16.5. The Bertz CT molecular complexity index is 4560. The fourth-order valence-electron chi connectivity index (χ4n) is 11.7. The van der Waals surface area contributed by atoms with E-state index in [9.17, 15) is 0 Å². The van der Waals surface area contributed by atoms with Crippen molar-refractivity contribution in [2.45, 2.75) is 0 Å². The number of imidazole rings is 2. The quantitative estimate of drug-likeness (QED) is 0.166. The Labute approximate surface area is 392 Å². The second-order valence-electron chi connectivity index (χ2n) is 18.1. The first-order valence-electron chi connectivity index (χ1n) is 23.4. The predicted octanol–water partition coefficient (Wildman–Crippen LogP) is 15.9. The number of rotatable bonds is 4. The Balaban J connectivity index is 0.922. The number of para-hydroxylation sites is 8. The summed E-state index contributed by atoms with van der Waals surface area (Å²) in [7, 11) is 0. The van der Waals surface area contributed by atoms with Crippen LogP contribution >= 0.6 is 0 Å². The van der Waals surface area contributed by atoms with Crippen LogP contribution in [0, 0.1) is 0 Å². The topological polar surface area (TPSA) is 53.7 Å². The number of hydrogen-bond donors (Lipinski definition) is 0. The Morgan fingerprint density at radius 3 is 1.14 bits per heavy atom. The zero-order chi connectivity index (χ0) is 44.9. The number of ether oxygens (including phenoxy) is 1. The van der Waals surface area contributed by atoms with Gasteiger partial charge in [-0.15, -0.1) is 0 Å². The van der Waals surface area contributed by atoms with Gasteiger partial charge in [0.1, 0.15) is 22.8 Å². The fraction of sp³-hybridized carbons (Fsp3) is 0. The highest BCUT2D eigenvalue weighted by Crippen LogP contribution is 2.45. The molecule has 0 radical (unpaired) electrons.